The van der Waals surface area contributed by atoms with E-state index in [4.69, 9.17) is 11.6 Å². The number of fused-ring (bicyclic) bond motifs is 1. The van der Waals surface area contributed by atoms with Gasteiger partial charge in [-0.25, -0.2) is 8.42 Å². The summed E-state index contributed by atoms with van der Waals surface area (Å²) in [4.78, 5) is 28.4. The summed E-state index contributed by atoms with van der Waals surface area (Å²) in [7, 11) is -1.12. The molecule has 0 unspecified atom stereocenters. The van der Waals surface area contributed by atoms with E-state index in [9.17, 15) is 18.0 Å². The van der Waals surface area contributed by atoms with Crippen LogP contribution in [-0.2, 0) is 32.6 Å². The summed E-state index contributed by atoms with van der Waals surface area (Å²) in [5.74, 6) is -0.884. The van der Waals surface area contributed by atoms with Gasteiger partial charge in [-0.05, 0) is 40.1 Å². The Kier molecular flexibility index (Phi) is 9.01. The number of halogens is 1. The summed E-state index contributed by atoms with van der Waals surface area (Å²) in [5, 5.41) is 4.79. The maximum absolute atomic E-state index is 13.8. The monoisotopic (exact) mass is 563 g/mol. The number of nitrogens with one attached hydrogen (secondary N) is 1. The molecule has 202 valence electrons. The largest absolute Gasteiger partial charge is 0.357 e. The van der Waals surface area contributed by atoms with Crippen LogP contribution in [0.3, 0.4) is 0 Å². The number of carbonyl (C=O) groups excluding carboxylic acids is 2. The van der Waals surface area contributed by atoms with Crippen molar-refractivity contribution in [2.45, 2.75) is 23.9 Å². The first-order valence-corrected chi connectivity index (χ1v) is 14.3. The Hall–Kier alpha value is -3.72. The molecule has 1 atom stereocenters. The van der Waals surface area contributed by atoms with Gasteiger partial charge in [0.2, 0.25) is 21.8 Å². The Morgan fingerprint density at radius 2 is 1.51 bits per heavy atom. The third-order valence-electron chi connectivity index (χ3n) is 6.60. The average Bonchev–Trinajstić information content (AvgIpc) is 2.95. The third-order valence-corrected chi connectivity index (χ3v) is 8.77. The Labute approximate surface area is 234 Å². The topological polar surface area (TPSA) is 86.8 Å². The van der Waals surface area contributed by atoms with Crippen molar-refractivity contribution in [1.29, 1.82) is 0 Å². The number of nitrogens with zero attached hydrogens (tertiary/aromatic N) is 2. The summed E-state index contributed by atoms with van der Waals surface area (Å²) in [6.07, 6.45) is 0.248. The molecule has 0 fully saturated rings. The Bertz CT molecular complexity index is 1580. The van der Waals surface area contributed by atoms with E-state index < -0.39 is 28.5 Å². The fourth-order valence-electron chi connectivity index (χ4n) is 4.40. The minimum absolute atomic E-state index is 0.0350. The second-order valence-corrected chi connectivity index (χ2v) is 11.7. The molecule has 7 nitrogen and oxygen atoms in total. The fourth-order valence-corrected chi connectivity index (χ4v) is 5.76. The number of hydrogen-bond acceptors (Lipinski definition) is 4. The second kappa shape index (κ2) is 12.4. The van der Waals surface area contributed by atoms with Crippen LogP contribution in [0.2, 0.25) is 5.02 Å². The van der Waals surface area contributed by atoms with Crippen molar-refractivity contribution in [3.05, 3.63) is 113 Å². The van der Waals surface area contributed by atoms with Gasteiger partial charge in [-0.15, -0.1) is 0 Å². The SMILES string of the molecule is CNC(=O)[C@H](Cc1ccccc1)N(Cc1ccccc1Cl)C(=O)CN(C)S(=O)(=O)c1ccc2ccccc2c1. The minimum Gasteiger partial charge on any atom is -0.357 e. The van der Waals surface area contributed by atoms with E-state index in [1.807, 2.05) is 54.6 Å². The van der Waals surface area contributed by atoms with Gasteiger partial charge in [-0.2, -0.15) is 4.31 Å². The quantitative estimate of drug-likeness (QED) is 0.308. The molecule has 0 aromatic heterocycles. The molecule has 4 aromatic rings. The molecule has 39 heavy (non-hydrogen) atoms. The van der Waals surface area contributed by atoms with Gasteiger partial charge in [0, 0.05) is 32.1 Å². The smallest absolute Gasteiger partial charge is 0.243 e. The summed E-state index contributed by atoms with van der Waals surface area (Å²) in [6, 6.07) is 27.8. The predicted octanol–water partition coefficient (Wildman–Crippen LogP) is 4.50. The predicted molar refractivity (Wildman–Crippen MR) is 154 cm³/mol. The van der Waals surface area contributed by atoms with E-state index in [0.29, 0.717) is 10.6 Å². The zero-order valence-corrected chi connectivity index (χ0v) is 23.3. The fraction of sp³-hybridized carbons (Fsp3) is 0.200. The first kappa shape index (κ1) is 28.3. The van der Waals surface area contributed by atoms with Crippen molar-refractivity contribution in [3.63, 3.8) is 0 Å². The van der Waals surface area contributed by atoms with Crippen molar-refractivity contribution < 1.29 is 18.0 Å². The third kappa shape index (κ3) is 6.65. The number of carbonyl (C=O) groups is 2. The maximum Gasteiger partial charge on any atom is 0.243 e. The molecule has 0 bridgehead atoms. The van der Waals surface area contributed by atoms with Gasteiger partial charge in [0.25, 0.3) is 0 Å². The summed E-state index contributed by atoms with van der Waals surface area (Å²) >= 11 is 6.41. The van der Waals surface area contributed by atoms with Gasteiger partial charge in [-0.1, -0.05) is 90.5 Å². The van der Waals surface area contributed by atoms with Crippen LogP contribution in [0, 0.1) is 0 Å². The van der Waals surface area contributed by atoms with E-state index in [2.05, 4.69) is 5.32 Å². The molecule has 2 amide bonds. The average molecular weight is 564 g/mol. The molecular formula is C30H30ClN3O4S. The van der Waals surface area contributed by atoms with Crippen molar-refractivity contribution in [2.75, 3.05) is 20.6 Å². The lowest BCUT2D eigenvalue weighted by atomic mass is 10.0. The Morgan fingerprint density at radius 1 is 0.872 bits per heavy atom. The number of hydrogen-bond donors (Lipinski definition) is 1. The molecule has 4 aromatic carbocycles. The minimum atomic E-state index is -3.99. The standard InChI is InChI=1S/C30H30ClN3O4S/c1-32-30(36)28(18-22-10-4-3-5-11-22)34(20-25-14-8-9-15-27(25)31)29(35)21-33(2)39(37,38)26-17-16-23-12-6-7-13-24(23)19-26/h3-17,19,28H,18,20-21H2,1-2H3,(H,32,36)/t28-/m0/s1. The number of sulfonamides is 1. The molecule has 4 rings (SSSR count). The second-order valence-electron chi connectivity index (χ2n) is 9.20. The lowest BCUT2D eigenvalue weighted by Crippen LogP contribution is -2.52. The number of amides is 2. The zero-order chi connectivity index (χ0) is 28.0. The van der Waals surface area contributed by atoms with Crippen LogP contribution in [0.5, 0.6) is 0 Å². The van der Waals surface area contributed by atoms with Crippen LogP contribution in [0.25, 0.3) is 10.8 Å². The molecule has 0 aliphatic rings. The van der Waals surface area contributed by atoms with E-state index in [1.54, 1.807) is 36.4 Å². The van der Waals surface area contributed by atoms with Gasteiger partial charge in [0.15, 0.2) is 0 Å². The molecule has 0 saturated heterocycles. The van der Waals surface area contributed by atoms with Crippen molar-refractivity contribution in [2.24, 2.45) is 0 Å². The van der Waals surface area contributed by atoms with Crippen LogP contribution >= 0.6 is 11.6 Å². The van der Waals surface area contributed by atoms with Gasteiger partial charge in [0.1, 0.15) is 6.04 Å². The van der Waals surface area contributed by atoms with Crippen molar-refractivity contribution in [3.8, 4) is 0 Å². The summed E-state index contributed by atoms with van der Waals surface area (Å²) in [6.45, 7) is -0.421. The van der Waals surface area contributed by atoms with Crippen molar-refractivity contribution >= 4 is 44.2 Å². The molecule has 0 aliphatic heterocycles. The zero-order valence-electron chi connectivity index (χ0n) is 21.7. The van der Waals surface area contributed by atoms with Crippen LogP contribution in [0.15, 0.2) is 102 Å². The highest BCUT2D eigenvalue weighted by Crippen LogP contribution is 2.23. The highest BCUT2D eigenvalue weighted by Gasteiger charge is 2.33. The van der Waals surface area contributed by atoms with E-state index in [-0.39, 0.29) is 23.8 Å². The highest BCUT2D eigenvalue weighted by molar-refractivity contribution is 7.89. The summed E-state index contributed by atoms with van der Waals surface area (Å²) in [5.41, 5.74) is 1.51. The molecule has 9 heteroatoms. The van der Waals surface area contributed by atoms with Gasteiger partial charge in [-0.3, -0.25) is 9.59 Å². The highest BCUT2D eigenvalue weighted by atomic mass is 35.5. The van der Waals surface area contributed by atoms with Crippen LogP contribution in [0.1, 0.15) is 11.1 Å². The van der Waals surface area contributed by atoms with Gasteiger partial charge in [0.05, 0.1) is 11.4 Å². The number of benzene rings is 4. The molecule has 0 spiro atoms. The number of rotatable bonds is 10. The van der Waals surface area contributed by atoms with Gasteiger partial charge < -0.3 is 10.2 Å². The van der Waals surface area contributed by atoms with Crippen LogP contribution < -0.4 is 5.32 Å². The first-order chi connectivity index (χ1) is 18.7. The molecule has 0 aliphatic carbocycles. The van der Waals surface area contributed by atoms with Crippen LogP contribution in [-0.4, -0.2) is 56.1 Å². The van der Waals surface area contributed by atoms with E-state index >= 15 is 0 Å². The number of likely N-dealkylation sites (N-methyl/N-ethyl adjacent to an activating group) is 2. The first-order valence-electron chi connectivity index (χ1n) is 12.4. The summed E-state index contributed by atoms with van der Waals surface area (Å²) < 4.78 is 27.9. The Morgan fingerprint density at radius 3 is 2.21 bits per heavy atom. The van der Waals surface area contributed by atoms with E-state index in [1.165, 1.54) is 25.1 Å². The lowest BCUT2D eigenvalue weighted by molar-refractivity contribution is -0.141. The van der Waals surface area contributed by atoms with Crippen LogP contribution in [0.4, 0.5) is 0 Å². The normalized spacial score (nSPS) is 12.3. The molecule has 1 N–H and O–H groups in total. The molecular weight excluding hydrogens is 534 g/mol. The maximum atomic E-state index is 13.8. The lowest BCUT2D eigenvalue weighted by Gasteiger charge is -2.32. The molecule has 0 heterocycles. The Balaban J connectivity index is 1.66. The molecule has 0 radical (unpaired) electrons. The molecule has 0 saturated carbocycles. The van der Waals surface area contributed by atoms with E-state index in [0.717, 1.165) is 20.6 Å². The van der Waals surface area contributed by atoms with Gasteiger partial charge >= 0.3 is 0 Å². The van der Waals surface area contributed by atoms with Crippen molar-refractivity contribution in [1.82, 2.24) is 14.5 Å².